The van der Waals surface area contributed by atoms with E-state index in [9.17, 15) is 12.8 Å². The zero-order valence-electron chi connectivity index (χ0n) is 17.4. The first kappa shape index (κ1) is 21.6. The van der Waals surface area contributed by atoms with E-state index in [-0.39, 0.29) is 24.8 Å². The van der Waals surface area contributed by atoms with E-state index in [1.54, 1.807) is 36.4 Å². The van der Waals surface area contributed by atoms with Gasteiger partial charge >= 0.3 is 0 Å². The highest BCUT2D eigenvalue weighted by atomic mass is 32.2. The first-order valence-corrected chi connectivity index (χ1v) is 11.0. The topological polar surface area (TPSA) is 90.9 Å². The second-order valence-electron chi connectivity index (χ2n) is 6.77. The van der Waals surface area contributed by atoms with Crippen LogP contribution in [0.3, 0.4) is 0 Å². The molecule has 0 saturated carbocycles. The summed E-state index contributed by atoms with van der Waals surface area (Å²) >= 11 is 0. The summed E-state index contributed by atoms with van der Waals surface area (Å²) in [6.45, 7) is 0.0729. The minimum Gasteiger partial charge on any atom is -0.497 e. The molecule has 10 heteroatoms. The van der Waals surface area contributed by atoms with Crippen molar-refractivity contribution in [1.82, 2.24) is 9.97 Å². The molecule has 166 valence electrons. The molecule has 0 fully saturated rings. The quantitative estimate of drug-likeness (QED) is 0.537. The largest absolute Gasteiger partial charge is 0.497 e. The molecule has 0 aliphatic carbocycles. The second kappa shape index (κ2) is 8.83. The van der Waals surface area contributed by atoms with Crippen LogP contribution in [0.2, 0.25) is 0 Å². The molecule has 2 aromatic carbocycles. The lowest BCUT2D eigenvalue weighted by Gasteiger charge is -2.24. The first-order chi connectivity index (χ1) is 15.4. The van der Waals surface area contributed by atoms with Crippen LogP contribution in [0, 0.1) is 5.82 Å². The fraction of sp³-hybridized carbons (Fsp3) is 0.182. The molecule has 0 bridgehead atoms. The number of ether oxygens (including phenoxy) is 3. The maximum Gasteiger partial charge on any atom is 0.270 e. The van der Waals surface area contributed by atoms with E-state index in [1.165, 1.54) is 32.7 Å². The maximum atomic E-state index is 15.0. The van der Waals surface area contributed by atoms with Crippen LogP contribution in [0.4, 0.5) is 10.3 Å². The number of anilines is 1. The van der Waals surface area contributed by atoms with Crippen molar-refractivity contribution in [2.24, 2.45) is 0 Å². The number of hydrogen-bond donors (Lipinski definition) is 0. The fourth-order valence-corrected chi connectivity index (χ4v) is 4.67. The lowest BCUT2D eigenvalue weighted by molar-refractivity contribution is 0.356. The second-order valence-corrected chi connectivity index (χ2v) is 8.60. The number of rotatable bonds is 7. The van der Waals surface area contributed by atoms with Gasteiger partial charge in [0.15, 0.2) is 0 Å². The number of nitrogens with zero attached hydrogens (tertiary/aromatic N) is 3. The number of aromatic nitrogens is 2. The number of methoxy groups -OCH3 is 2. The summed E-state index contributed by atoms with van der Waals surface area (Å²) in [6.07, 6.45) is 6.22. The lowest BCUT2D eigenvalue weighted by atomic mass is 10.1. The summed E-state index contributed by atoms with van der Waals surface area (Å²) in [7, 11) is -1.44. The highest BCUT2D eigenvalue weighted by molar-refractivity contribution is 7.92. The monoisotopic (exact) mass is 457 g/mol. The summed E-state index contributed by atoms with van der Waals surface area (Å²) in [5.74, 6) is 0.218. The molecule has 0 saturated heterocycles. The van der Waals surface area contributed by atoms with Gasteiger partial charge in [-0.15, -0.1) is 0 Å². The Kier molecular flexibility index (Phi) is 5.95. The molecule has 0 spiro atoms. The van der Waals surface area contributed by atoms with Gasteiger partial charge < -0.3 is 14.2 Å². The molecular formula is C22H20FN3O5S. The van der Waals surface area contributed by atoms with Gasteiger partial charge in [-0.1, -0.05) is 6.08 Å². The van der Waals surface area contributed by atoms with E-state index in [1.807, 2.05) is 0 Å². The van der Waals surface area contributed by atoms with Crippen LogP contribution in [-0.2, 0) is 16.6 Å². The van der Waals surface area contributed by atoms with Crippen molar-refractivity contribution in [3.8, 4) is 17.2 Å². The molecule has 1 aliphatic rings. The molecule has 0 atom stereocenters. The number of halogens is 1. The molecule has 1 aromatic heterocycles. The Labute approximate surface area is 185 Å². The highest BCUT2D eigenvalue weighted by Gasteiger charge is 2.32. The molecule has 0 amide bonds. The van der Waals surface area contributed by atoms with Crippen molar-refractivity contribution in [2.45, 2.75) is 11.4 Å². The summed E-state index contributed by atoms with van der Waals surface area (Å²) < 4.78 is 59.2. The van der Waals surface area contributed by atoms with Crippen LogP contribution in [0.1, 0.15) is 11.1 Å². The van der Waals surface area contributed by atoms with Gasteiger partial charge in [-0.3, -0.25) is 0 Å². The third kappa shape index (κ3) is 4.09. The van der Waals surface area contributed by atoms with E-state index in [2.05, 4.69) is 9.97 Å². The molecule has 1 aliphatic heterocycles. The van der Waals surface area contributed by atoms with Crippen LogP contribution < -0.4 is 18.5 Å². The Morgan fingerprint density at radius 1 is 1.12 bits per heavy atom. The van der Waals surface area contributed by atoms with Crippen molar-refractivity contribution in [3.05, 3.63) is 71.8 Å². The van der Waals surface area contributed by atoms with Crippen LogP contribution in [-0.4, -0.2) is 39.2 Å². The minimum absolute atomic E-state index is 0.108. The molecular weight excluding hydrogens is 437 g/mol. The van der Waals surface area contributed by atoms with Crippen LogP contribution >= 0.6 is 0 Å². The smallest absolute Gasteiger partial charge is 0.270 e. The third-order valence-electron chi connectivity index (χ3n) is 4.85. The van der Waals surface area contributed by atoms with E-state index in [0.29, 0.717) is 22.6 Å². The number of benzene rings is 2. The predicted octanol–water partition coefficient (Wildman–Crippen LogP) is 3.43. The first-order valence-electron chi connectivity index (χ1n) is 9.57. The number of fused-ring (bicyclic) bond motifs is 1. The van der Waals surface area contributed by atoms with Crippen LogP contribution in [0.25, 0.3) is 6.08 Å². The van der Waals surface area contributed by atoms with E-state index in [4.69, 9.17) is 14.2 Å². The zero-order valence-corrected chi connectivity index (χ0v) is 18.2. The normalized spacial score (nSPS) is 12.6. The van der Waals surface area contributed by atoms with Gasteiger partial charge in [0.25, 0.3) is 10.0 Å². The van der Waals surface area contributed by atoms with Crippen LogP contribution in [0.15, 0.2) is 59.8 Å². The van der Waals surface area contributed by atoms with Crippen molar-refractivity contribution < 1.29 is 27.0 Å². The standard InChI is InChI=1S/C22H20FN3O5S/c1-29-17-7-6-16(19(12-17)30-2)14-26(22-24-8-4-9-25-22)32(27,28)21-13-20-15(11-18(21)23)5-3-10-31-20/h3-9,11-13H,10,14H2,1-2H3. The Hall–Kier alpha value is -3.66. The van der Waals surface area contributed by atoms with Gasteiger partial charge in [0.05, 0.1) is 20.8 Å². The third-order valence-corrected chi connectivity index (χ3v) is 6.59. The molecule has 3 aromatic rings. The number of sulfonamides is 1. The summed E-state index contributed by atoms with van der Waals surface area (Å²) in [5, 5.41) is 0. The van der Waals surface area contributed by atoms with Gasteiger partial charge in [0, 0.05) is 35.7 Å². The Morgan fingerprint density at radius 3 is 2.62 bits per heavy atom. The van der Waals surface area contributed by atoms with Gasteiger partial charge in [0.2, 0.25) is 5.95 Å². The fourth-order valence-electron chi connectivity index (χ4n) is 3.26. The zero-order chi connectivity index (χ0) is 22.7. The highest BCUT2D eigenvalue weighted by Crippen LogP contribution is 2.34. The van der Waals surface area contributed by atoms with E-state index in [0.717, 1.165) is 10.4 Å². The summed E-state index contributed by atoms with van der Waals surface area (Å²) in [4.78, 5) is 7.62. The summed E-state index contributed by atoms with van der Waals surface area (Å²) in [5.41, 5.74) is 0.980. The Morgan fingerprint density at radius 2 is 1.91 bits per heavy atom. The minimum atomic E-state index is -4.41. The Bertz CT molecular complexity index is 1270. The van der Waals surface area contributed by atoms with E-state index < -0.39 is 20.7 Å². The molecule has 4 rings (SSSR count). The van der Waals surface area contributed by atoms with Crippen molar-refractivity contribution in [3.63, 3.8) is 0 Å². The average molecular weight is 457 g/mol. The van der Waals surface area contributed by atoms with E-state index >= 15 is 0 Å². The SMILES string of the molecule is COc1ccc(CN(c2ncccn2)S(=O)(=O)c2cc3c(cc2F)C=CCO3)c(OC)c1. The summed E-state index contributed by atoms with van der Waals surface area (Å²) in [6, 6.07) is 8.85. The Balaban J connectivity index is 1.82. The van der Waals surface area contributed by atoms with Gasteiger partial charge in [-0.25, -0.2) is 27.1 Å². The molecule has 8 nitrogen and oxygen atoms in total. The lowest BCUT2D eigenvalue weighted by Crippen LogP contribution is -2.33. The van der Waals surface area contributed by atoms with Crippen molar-refractivity contribution in [2.75, 3.05) is 25.1 Å². The molecule has 0 radical (unpaired) electrons. The maximum absolute atomic E-state index is 15.0. The van der Waals surface area contributed by atoms with Crippen LogP contribution in [0.5, 0.6) is 17.2 Å². The van der Waals surface area contributed by atoms with Crippen molar-refractivity contribution >= 4 is 22.0 Å². The van der Waals surface area contributed by atoms with Gasteiger partial charge in [0.1, 0.15) is 34.6 Å². The molecule has 32 heavy (non-hydrogen) atoms. The average Bonchev–Trinajstić information content (AvgIpc) is 2.82. The van der Waals surface area contributed by atoms with Crippen molar-refractivity contribution in [1.29, 1.82) is 0 Å². The molecule has 0 N–H and O–H groups in total. The predicted molar refractivity (Wildman–Crippen MR) is 116 cm³/mol. The number of hydrogen-bond acceptors (Lipinski definition) is 7. The molecule has 2 heterocycles. The molecule has 0 unspecified atom stereocenters. The van der Waals surface area contributed by atoms with Gasteiger partial charge in [-0.2, -0.15) is 0 Å². The van der Waals surface area contributed by atoms with Gasteiger partial charge in [-0.05, 0) is 30.3 Å².